The summed E-state index contributed by atoms with van der Waals surface area (Å²) >= 11 is 1.04. The number of alkyl halides is 2. The number of rotatable bonds is 5. The summed E-state index contributed by atoms with van der Waals surface area (Å²) in [5.74, 6) is -0.415. The van der Waals surface area contributed by atoms with Gasteiger partial charge in [-0.2, -0.15) is 8.78 Å². The highest BCUT2D eigenvalue weighted by molar-refractivity contribution is 7.46. The van der Waals surface area contributed by atoms with Crippen molar-refractivity contribution in [2.75, 3.05) is 0 Å². The molecule has 0 fully saturated rings. The number of carbonyl (C=O) groups is 1. The maximum Gasteiger partial charge on any atom is 0.353 e. The number of nitrogens with zero attached hydrogens (tertiary/aromatic N) is 1. The fourth-order valence-corrected chi connectivity index (χ4v) is 3.75. The molecule has 142 valence electrons. The lowest BCUT2D eigenvalue weighted by atomic mass is 10.1. The van der Waals surface area contributed by atoms with Crippen molar-refractivity contribution in [2.24, 2.45) is 0 Å². The van der Waals surface area contributed by atoms with Gasteiger partial charge in [0.15, 0.2) is 0 Å². The van der Waals surface area contributed by atoms with Gasteiger partial charge in [-0.3, -0.25) is 10.1 Å². The molecule has 0 amide bonds. The molecule has 27 heavy (non-hydrogen) atoms. The van der Waals surface area contributed by atoms with Crippen LogP contribution in [0.5, 0.6) is 0 Å². The third-order valence-corrected chi connectivity index (χ3v) is 5.72. The molecular formula is C16H12F2NO6PS. The van der Waals surface area contributed by atoms with E-state index in [2.05, 4.69) is 0 Å². The highest BCUT2D eigenvalue weighted by Gasteiger charge is 2.41. The van der Waals surface area contributed by atoms with Crippen LogP contribution in [0.25, 0.3) is 10.1 Å². The number of ether oxygens (including phenoxy) is 1. The Balaban J connectivity index is 1.81. The molecule has 3 rings (SSSR count). The highest BCUT2D eigenvalue weighted by Crippen LogP contribution is 2.53. The first kappa shape index (κ1) is 19.5. The van der Waals surface area contributed by atoms with Gasteiger partial charge in [0, 0.05) is 29.2 Å². The van der Waals surface area contributed by atoms with Crippen LogP contribution in [0.1, 0.15) is 28.1 Å². The average Bonchev–Trinajstić information content (AvgIpc) is 3.05. The lowest BCUT2D eigenvalue weighted by molar-refractivity contribution is -0.428. The molecule has 0 radical (unpaired) electrons. The molecule has 0 saturated heterocycles. The average molecular weight is 415 g/mol. The Bertz CT molecular complexity index is 984. The first-order valence-electron chi connectivity index (χ1n) is 7.54. The van der Waals surface area contributed by atoms with Gasteiger partial charge in [0.1, 0.15) is 10.6 Å². The van der Waals surface area contributed by atoms with Crippen LogP contribution >= 0.6 is 19.7 Å². The number of hydrogen-bond donors (Lipinski definition) is 2. The predicted octanol–water partition coefficient (Wildman–Crippen LogP) is 4.24. The number of halogens is 2. The summed E-state index contributed by atoms with van der Waals surface area (Å²) in [5, 5.41) is 11.0. The topological polar surface area (TPSA) is 110 Å². The largest absolute Gasteiger partial charge is 0.427 e. The van der Waals surface area contributed by atoms with Gasteiger partial charge in [-0.15, -0.1) is 11.3 Å². The molecule has 7 nitrogen and oxygen atoms in total. The van der Waals surface area contributed by atoms with E-state index in [4.69, 9.17) is 14.5 Å². The Labute approximate surface area is 156 Å². The van der Waals surface area contributed by atoms with Gasteiger partial charge in [0.05, 0.1) is 4.92 Å². The van der Waals surface area contributed by atoms with E-state index in [1.165, 1.54) is 24.3 Å². The van der Waals surface area contributed by atoms with Crippen molar-refractivity contribution < 1.29 is 33.0 Å². The molecule has 2 aromatic rings. The molecule has 0 unspecified atom stereocenters. The minimum absolute atomic E-state index is 0.0258. The van der Waals surface area contributed by atoms with Crippen LogP contribution in [0.3, 0.4) is 0 Å². The second-order valence-electron chi connectivity index (χ2n) is 5.63. The quantitative estimate of drug-likeness (QED) is 0.327. The Kier molecular flexibility index (Phi) is 5.34. The molecule has 1 aromatic carbocycles. The monoisotopic (exact) mass is 415 g/mol. The van der Waals surface area contributed by atoms with Crippen molar-refractivity contribution in [3.63, 3.8) is 0 Å². The number of nitro groups is 1. The third-order valence-electron chi connectivity index (χ3n) is 3.86. The van der Waals surface area contributed by atoms with Gasteiger partial charge in [0.2, 0.25) is 14.1 Å². The number of benzene rings is 1. The molecule has 1 heterocycles. The third kappa shape index (κ3) is 4.03. The van der Waals surface area contributed by atoms with Crippen molar-refractivity contribution in [3.8, 4) is 0 Å². The van der Waals surface area contributed by atoms with E-state index in [1.807, 2.05) is 0 Å². The minimum Gasteiger partial charge on any atom is -0.427 e. The van der Waals surface area contributed by atoms with Crippen LogP contribution in [-0.2, 0) is 10.4 Å². The molecule has 0 spiro atoms. The number of carbonyl (C=O) groups excluding carboxylic acids is 1. The summed E-state index contributed by atoms with van der Waals surface area (Å²) in [4.78, 5) is 40.3. The van der Waals surface area contributed by atoms with Crippen LogP contribution in [0.4, 0.5) is 8.78 Å². The summed E-state index contributed by atoms with van der Waals surface area (Å²) < 4.78 is 33.3. The maximum atomic E-state index is 13.7. The second-order valence-corrected chi connectivity index (χ2v) is 7.86. The minimum atomic E-state index is -3.78. The van der Waals surface area contributed by atoms with Gasteiger partial charge in [-0.05, 0) is 29.7 Å². The fourth-order valence-electron chi connectivity index (χ4n) is 2.46. The molecule has 0 saturated carbocycles. The first-order valence-corrected chi connectivity index (χ1v) is 9.61. The Morgan fingerprint density at radius 2 is 2.00 bits per heavy atom. The standard InChI is InChI=1S/C16H12F2NO6PS/c17-16(18,26(23)24)10-1-6-13-9(7-10)8-14(27-13)15(20)25-12-4-2-11(3-5-12)19(21)22/h1-2,4,6-8,23-24H,3,5H2. The van der Waals surface area contributed by atoms with E-state index in [0.29, 0.717) is 10.1 Å². The van der Waals surface area contributed by atoms with Crippen LogP contribution in [-0.4, -0.2) is 20.7 Å². The number of hydrogen-bond acceptors (Lipinski definition) is 7. The summed E-state index contributed by atoms with van der Waals surface area (Å²) in [6.45, 7) is 0. The van der Waals surface area contributed by atoms with Crippen LogP contribution in [0.15, 0.2) is 47.9 Å². The summed E-state index contributed by atoms with van der Waals surface area (Å²) in [7, 11) is -3.48. The Hall–Kier alpha value is -2.26. The van der Waals surface area contributed by atoms with Crippen molar-refractivity contribution in [1.29, 1.82) is 0 Å². The summed E-state index contributed by atoms with van der Waals surface area (Å²) in [5.41, 5.74) is -4.31. The Morgan fingerprint density at radius 1 is 1.26 bits per heavy atom. The molecule has 0 aliphatic heterocycles. The SMILES string of the molecule is O=C(OC1=CC=C([N+](=O)[O-])CC1)c1cc2cc(C(F)(F)P(O)O)ccc2s1. The number of fused-ring (bicyclic) bond motifs is 1. The van der Waals surface area contributed by atoms with E-state index in [1.54, 1.807) is 0 Å². The van der Waals surface area contributed by atoms with Crippen molar-refractivity contribution in [2.45, 2.75) is 18.5 Å². The molecule has 1 aliphatic carbocycles. The lowest BCUT2D eigenvalue weighted by Gasteiger charge is -2.17. The zero-order valence-electron chi connectivity index (χ0n) is 13.5. The smallest absolute Gasteiger partial charge is 0.353 e. The molecule has 0 atom stereocenters. The number of esters is 1. The fraction of sp³-hybridized carbons (Fsp3) is 0.188. The van der Waals surface area contributed by atoms with Crippen molar-refractivity contribution in [3.05, 3.63) is 68.4 Å². The molecule has 0 bridgehead atoms. The van der Waals surface area contributed by atoms with E-state index < -0.39 is 30.5 Å². The normalized spacial score (nSPS) is 14.9. The molecule has 2 N–H and O–H groups in total. The highest BCUT2D eigenvalue weighted by atomic mass is 32.1. The first-order chi connectivity index (χ1) is 12.7. The van der Waals surface area contributed by atoms with E-state index in [0.717, 1.165) is 23.5 Å². The lowest BCUT2D eigenvalue weighted by Crippen LogP contribution is -2.10. The van der Waals surface area contributed by atoms with Crippen molar-refractivity contribution in [1.82, 2.24) is 0 Å². The molecule has 1 aromatic heterocycles. The van der Waals surface area contributed by atoms with Gasteiger partial charge < -0.3 is 14.5 Å². The van der Waals surface area contributed by atoms with Crippen LogP contribution in [0, 0.1) is 10.1 Å². The van der Waals surface area contributed by atoms with Gasteiger partial charge in [-0.25, -0.2) is 4.79 Å². The molecule has 1 aliphatic rings. The maximum absolute atomic E-state index is 13.7. The number of thiophene rings is 1. The van der Waals surface area contributed by atoms with Crippen LogP contribution < -0.4 is 0 Å². The van der Waals surface area contributed by atoms with Gasteiger partial charge in [-0.1, -0.05) is 6.07 Å². The van der Waals surface area contributed by atoms with E-state index in [9.17, 15) is 23.7 Å². The molecule has 11 heteroatoms. The number of allylic oxidation sites excluding steroid dienone is 4. The van der Waals surface area contributed by atoms with Gasteiger partial charge in [0.25, 0.3) is 0 Å². The van der Waals surface area contributed by atoms with Crippen LogP contribution in [0.2, 0.25) is 0 Å². The summed E-state index contributed by atoms with van der Waals surface area (Å²) in [6.07, 6.45) is 2.97. The predicted molar refractivity (Wildman–Crippen MR) is 94.9 cm³/mol. The van der Waals surface area contributed by atoms with E-state index >= 15 is 0 Å². The molecular weight excluding hydrogens is 403 g/mol. The van der Waals surface area contributed by atoms with E-state index in [-0.39, 0.29) is 29.2 Å². The zero-order chi connectivity index (χ0) is 19.8. The zero-order valence-corrected chi connectivity index (χ0v) is 15.2. The van der Waals surface area contributed by atoms with Gasteiger partial charge >= 0.3 is 11.6 Å². The summed E-state index contributed by atoms with van der Waals surface area (Å²) in [6, 6.07) is 4.91. The van der Waals surface area contributed by atoms with Crippen molar-refractivity contribution >= 4 is 35.8 Å². The Morgan fingerprint density at radius 3 is 2.59 bits per heavy atom. The second kappa shape index (κ2) is 7.40.